The molecule has 0 fully saturated rings. The Hall–Kier alpha value is -3.84. The number of rotatable bonds is 14. The molecule has 0 unspecified atom stereocenters. The molecular formula is C40H44. The van der Waals surface area contributed by atoms with Crippen molar-refractivity contribution < 1.29 is 0 Å². The summed E-state index contributed by atoms with van der Waals surface area (Å²) in [6, 6.07) is 13.3. The minimum Gasteiger partial charge on any atom is -0.114 e. The van der Waals surface area contributed by atoms with Crippen LogP contribution >= 0.6 is 0 Å². The van der Waals surface area contributed by atoms with E-state index in [1.807, 2.05) is 0 Å². The fraction of sp³-hybridized carbons (Fsp3) is 0.400. The van der Waals surface area contributed by atoms with Gasteiger partial charge in [-0.1, -0.05) is 138 Å². The van der Waals surface area contributed by atoms with Crippen molar-refractivity contribution in [2.45, 2.75) is 104 Å². The third-order valence-corrected chi connectivity index (χ3v) is 7.96. The third-order valence-electron chi connectivity index (χ3n) is 7.96. The fourth-order valence-electron chi connectivity index (χ4n) is 5.76. The lowest BCUT2D eigenvalue weighted by Crippen LogP contribution is -2.19. The zero-order chi connectivity index (χ0) is 28.7. The van der Waals surface area contributed by atoms with E-state index < -0.39 is 0 Å². The molecule has 0 spiro atoms. The lowest BCUT2D eigenvalue weighted by Gasteiger charge is -2.13. The van der Waals surface area contributed by atoms with Crippen LogP contribution in [0.3, 0.4) is 0 Å². The summed E-state index contributed by atoms with van der Waals surface area (Å²) in [5.74, 6) is 11.1. The van der Waals surface area contributed by atoms with Gasteiger partial charge in [0.05, 0.1) is 11.1 Å². The third kappa shape index (κ3) is 7.63. The van der Waals surface area contributed by atoms with Crippen LogP contribution in [0.1, 0.15) is 102 Å². The molecule has 40 heavy (non-hydrogen) atoms. The maximum Gasteiger partial charge on any atom is 0.0823 e. The molecule has 3 rings (SSSR count). The lowest BCUT2D eigenvalue weighted by atomic mass is 9.90. The molecule has 0 atom stereocenters. The van der Waals surface area contributed by atoms with E-state index in [1.54, 1.807) is 0 Å². The van der Waals surface area contributed by atoms with E-state index in [2.05, 4.69) is 73.9 Å². The van der Waals surface area contributed by atoms with Gasteiger partial charge in [-0.3, -0.25) is 0 Å². The van der Waals surface area contributed by atoms with Crippen LogP contribution in [0.2, 0.25) is 0 Å². The molecule has 0 aliphatic heterocycles. The molecular weight excluding hydrogens is 480 g/mol. The molecule has 0 saturated heterocycles. The summed E-state index contributed by atoms with van der Waals surface area (Å²) < 4.78 is 0. The highest BCUT2D eigenvalue weighted by Gasteiger charge is 2.12. The van der Waals surface area contributed by atoms with Crippen LogP contribution in [0.4, 0.5) is 0 Å². The zero-order valence-electron chi connectivity index (χ0n) is 24.7. The summed E-state index contributed by atoms with van der Waals surface area (Å²) in [5, 5.41) is 5.96. The van der Waals surface area contributed by atoms with E-state index in [1.165, 1.54) is 88.2 Å². The largest absolute Gasteiger partial charge is 0.114 e. The predicted molar refractivity (Wildman–Crippen MR) is 177 cm³/mol. The molecule has 0 aliphatic carbocycles. The molecule has 0 aromatic heterocycles. The summed E-state index contributed by atoms with van der Waals surface area (Å²) in [7, 11) is 0. The highest BCUT2D eigenvalue weighted by molar-refractivity contribution is 6.06. The van der Waals surface area contributed by atoms with Crippen LogP contribution in [0, 0.1) is 49.4 Å². The Kier molecular flexibility index (Phi) is 12.5. The van der Waals surface area contributed by atoms with Crippen molar-refractivity contribution in [2.24, 2.45) is 0 Å². The van der Waals surface area contributed by atoms with Crippen molar-refractivity contribution in [3.8, 4) is 49.4 Å². The molecule has 0 radical (unpaired) electrons. The monoisotopic (exact) mass is 524 g/mol. The van der Waals surface area contributed by atoms with Gasteiger partial charge >= 0.3 is 0 Å². The van der Waals surface area contributed by atoms with E-state index in [-0.39, 0.29) is 0 Å². The number of fused-ring (bicyclic) bond motifs is 2. The van der Waals surface area contributed by atoms with Gasteiger partial charge in [0.15, 0.2) is 0 Å². The summed E-state index contributed by atoms with van der Waals surface area (Å²) in [5.41, 5.74) is 3.69. The first-order valence-electron chi connectivity index (χ1n) is 15.3. The molecule has 3 aromatic carbocycles. The molecule has 0 nitrogen and oxygen atoms in total. The minimum absolute atomic E-state index is 0.560. The number of hydrogen-bond donors (Lipinski definition) is 0. The van der Waals surface area contributed by atoms with E-state index in [0.29, 0.717) is 11.1 Å². The second-order valence-corrected chi connectivity index (χ2v) is 10.9. The predicted octanol–water partition coefficient (Wildman–Crippen LogP) is 8.63. The average molecular weight is 525 g/mol. The van der Waals surface area contributed by atoms with Gasteiger partial charge in [0.1, 0.15) is 0 Å². The van der Waals surface area contributed by atoms with Crippen molar-refractivity contribution in [2.75, 3.05) is 0 Å². The Morgan fingerprint density at radius 3 is 1.18 bits per heavy atom. The Morgan fingerprint density at radius 2 is 0.825 bits per heavy atom. The molecule has 0 aliphatic rings. The van der Waals surface area contributed by atoms with Crippen LogP contribution < -0.4 is 10.4 Å². The molecule has 0 N–H and O–H groups in total. The van der Waals surface area contributed by atoms with Crippen LogP contribution in [0.25, 0.3) is 32.7 Å². The molecule has 3 aromatic rings. The SMILES string of the molecule is C#CC(C#C)=c1c2ccc(CCCCCCCC)cc2c(=C(C#C)C#C)c2ccc(CCCCCCCC)cc12. The molecule has 204 valence electrons. The van der Waals surface area contributed by atoms with Gasteiger partial charge in [-0.2, -0.15) is 0 Å². The van der Waals surface area contributed by atoms with E-state index >= 15 is 0 Å². The normalized spacial score (nSPS) is 10.6. The topological polar surface area (TPSA) is 0 Å². The summed E-state index contributed by atoms with van der Waals surface area (Å²) in [4.78, 5) is 0. The Balaban J connectivity index is 2.18. The van der Waals surface area contributed by atoms with Crippen molar-refractivity contribution >= 4 is 32.7 Å². The summed E-state index contributed by atoms with van der Waals surface area (Å²) in [6.07, 6.45) is 41.1. The van der Waals surface area contributed by atoms with Crippen LogP contribution in [-0.4, -0.2) is 0 Å². The van der Waals surface area contributed by atoms with E-state index in [0.717, 1.165) is 44.8 Å². The smallest absolute Gasteiger partial charge is 0.0823 e. The number of hydrogen-bond acceptors (Lipinski definition) is 0. The van der Waals surface area contributed by atoms with Crippen molar-refractivity contribution in [3.63, 3.8) is 0 Å². The Labute approximate surface area is 243 Å². The zero-order valence-corrected chi connectivity index (χ0v) is 24.7. The summed E-state index contributed by atoms with van der Waals surface area (Å²) >= 11 is 0. The minimum atomic E-state index is 0.560. The highest BCUT2D eigenvalue weighted by atomic mass is 14.1. The van der Waals surface area contributed by atoms with Gasteiger partial charge in [-0.15, -0.1) is 25.7 Å². The van der Waals surface area contributed by atoms with Crippen molar-refractivity contribution in [1.29, 1.82) is 0 Å². The Bertz CT molecular complexity index is 1440. The van der Waals surface area contributed by atoms with Gasteiger partial charge in [-0.25, -0.2) is 0 Å². The molecule has 0 heteroatoms. The van der Waals surface area contributed by atoms with Gasteiger partial charge in [0.25, 0.3) is 0 Å². The first-order valence-corrected chi connectivity index (χ1v) is 15.3. The second-order valence-electron chi connectivity index (χ2n) is 10.9. The van der Waals surface area contributed by atoms with Gasteiger partial charge in [-0.05, 0) is 58.4 Å². The van der Waals surface area contributed by atoms with E-state index in [4.69, 9.17) is 25.7 Å². The van der Waals surface area contributed by atoms with Gasteiger partial charge in [0.2, 0.25) is 0 Å². The maximum absolute atomic E-state index is 5.97. The number of terminal acetylenes is 4. The molecule has 0 amide bonds. The first-order chi connectivity index (χ1) is 19.6. The standard InChI is InChI=1S/C40H44/c1-7-13-15-17-19-21-23-31-25-27-35-37(29-31)39(33(9-3)10-4)36-28-26-32(24-22-20-18-16-14-8-2)30-38(36)40(35)34(11-5)12-6/h3-6,25-30H,7-8,13-24H2,1-2H3. The fourth-order valence-corrected chi connectivity index (χ4v) is 5.76. The molecule has 0 bridgehead atoms. The maximum atomic E-state index is 5.97. The lowest BCUT2D eigenvalue weighted by molar-refractivity contribution is 0.607. The van der Waals surface area contributed by atoms with Crippen LogP contribution in [0.5, 0.6) is 0 Å². The highest BCUT2D eigenvalue weighted by Crippen LogP contribution is 2.22. The number of benzene rings is 3. The van der Waals surface area contributed by atoms with Gasteiger partial charge < -0.3 is 0 Å². The van der Waals surface area contributed by atoms with Gasteiger partial charge in [0, 0.05) is 10.4 Å². The molecule has 0 saturated carbocycles. The Morgan fingerprint density at radius 1 is 0.475 bits per heavy atom. The van der Waals surface area contributed by atoms with E-state index in [9.17, 15) is 0 Å². The number of unbranched alkanes of at least 4 members (excludes halogenated alkanes) is 10. The quantitative estimate of drug-likeness (QED) is 0.112. The molecule has 0 heterocycles. The van der Waals surface area contributed by atoms with Crippen LogP contribution in [0.15, 0.2) is 36.4 Å². The first kappa shape index (κ1) is 30.7. The number of aryl methyl sites for hydroxylation is 2. The second kappa shape index (κ2) is 16.3. The van der Waals surface area contributed by atoms with Crippen LogP contribution in [-0.2, 0) is 12.8 Å². The summed E-state index contributed by atoms with van der Waals surface area (Å²) in [6.45, 7) is 4.50. The average Bonchev–Trinajstić information content (AvgIpc) is 2.98. The van der Waals surface area contributed by atoms with Crippen molar-refractivity contribution in [3.05, 3.63) is 58.0 Å². The van der Waals surface area contributed by atoms with Crippen molar-refractivity contribution in [1.82, 2.24) is 0 Å².